The van der Waals surface area contributed by atoms with Gasteiger partial charge in [-0.15, -0.1) is 0 Å². The van der Waals surface area contributed by atoms with Crippen LogP contribution in [0.1, 0.15) is 16.1 Å². The maximum atomic E-state index is 15.3. The number of anilines is 2. The van der Waals surface area contributed by atoms with Crippen molar-refractivity contribution in [3.63, 3.8) is 0 Å². The zero-order chi connectivity index (χ0) is 28.8. The normalized spacial score (nSPS) is 13.5. The third-order valence-corrected chi connectivity index (χ3v) is 8.20. The topological polar surface area (TPSA) is 131 Å². The monoisotopic (exact) mass is 572 g/mol. The zero-order valence-corrected chi connectivity index (χ0v) is 22.0. The van der Waals surface area contributed by atoms with Crippen molar-refractivity contribution in [1.29, 1.82) is 0 Å². The predicted octanol–water partition coefficient (Wildman–Crippen LogP) is 3.32. The lowest BCUT2D eigenvalue weighted by atomic mass is 10.1. The minimum atomic E-state index is -4.28. The molecule has 11 nitrogen and oxygen atoms in total. The Hall–Kier alpha value is -4.56. The molecule has 0 aliphatic carbocycles. The number of methoxy groups -OCH3 is 2. The lowest BCUT2D eigenvalue weighted by molar-refractivity contribution is 0.111. The molecule has 4 aromatic rings. The summed E-state index contributed by atoms with van der Waals surface area (Å²) in [7, 11) is -1.94. The first-order chi connectivity index (χ1) is 19.2. The SMILES string of the molecule is COc1cc(OC)c(F)c(N2Cc3cnc4c(cc(C=O)n4S(=O)(=O)c4ccccc4)c3N(CCO)C2=O)c1F. The summed E-state index contributed by atoms with van der Waals surface area (Å²) in [5.74, 6) is -3.04. The number of hydrogen-bond acceptors (Lipinski definition) is 8. The van der Waals surface area contributed by atoms with Crippen molar-refractivity contribution in [3.8, 4) is 11.5 Å². The van der Waals surface area contributed by atoms with Gasteiger partial charge in [0.25, 0.3) is 10.0 Å². The van der Waals surface area contributed by atoms with Crippen molar-refractivity contribution >= 4 is 44.7 Å². The van der Waals surface area contributed by atoms with E-state index in [-0.39, 0.29) is 57.5 Å². The minimum Gasteiger partial charge on any atom is -0.493 e. The van der Waals surface area contributed by atoms with Crippen LogP contribution in [0.15, 0.2) is 53.6 Å². The van der Waals surface area contributed by atoms with Gasteiger partial charge in [0, 0.05) is 23.2 Å². The average Bonchev–Trinajstić information content (AvgIpc) is 3.35. The Morgan fingerprint density at radius 3 is 2.27 bits per heavy atom. The Kier molecular flexibility index (Phi) is 6.89. The second-order valence-corrected chi connectivity index (χ2v) is 10.4. The van der Waals surface area contributed by atoms with Gasteiger partial charge in [-0.25, -0.2) is 30.9 Å². The molecular weight excluding hydrogens is 550 g/mol. The highest BCUT2D eigenvalue weighted by Crippen LogP contribution is 2.43. The molecule has 2 aromatic heterocycles. The van der Waals surface area contributed by atoms with Gasteiger partial charge in [-0.05, 0) is 18.2 Å². The molecule has 40 heavy (non-hydrogen) atoms. The van der Waals surface area contributed by atoms with Gasteiger partial charge in [0.15, 0.2) is 35.1 Å². The van der Waals surface area contributed by atoms with Crippen LogP contribution in [0.5, 0.6) is 11.5 Å². The zero-order valence-electron chi connectivity index (χ0n) is 21.2. The molecule has 5 rings (SSSR count). The third-order valence-electron chi connectivity index (χ3n) is 6.47. The van der Waals surface area contributed by atoms with Crippen LogP contribution in [-0.4, -0.2) is 62.2 Å². The fraction of sp³-hybridized carbons (Fsp3) is 0.192. The third kappa shape index (κ3) is 4.03. The molecule has 1 N–H and O–H groups in total. The molecule has 208 valence electrons. The van der Waals surface area contributed by atoms with Crippen LogP contribution in [0.4, 0.5) is 25.0 Å². The lowest BCUT2D eigenvalue weighted by Crippen LogP contribution is -2.49. The van der Waals surface area contributed by atoms with E-state index in [4.69, 9.17) is 9.47 Å². The number of rotatable bonds is 8. The van der Waals surface area contributed by atoms with E-state index in [1.807, 2.05) is 0 Å². The van der Waals surface area contributed by atoms with Gasteiger partial charge in [0.05, 0.1) is 50.2 Å². The van der Waals surface area contributed by atoms with E-state index in [9.17, 15) is 23.1 Å². The van der Waals surface area contributed by atoms with E-state index in [1.165, 1.54) is 50.7 Å². The highest BCUT2D eigenvalue weighted by Gasteiger charge is 2.38. The number of aldehydes is 1. The number of benzene rings is 2. The Bertz CT molecular complexity index is 1730. The molecule has 3 heterocycles. The van der Waals surface area contributed by atoms with Crippen LogP contribution in [0, 0.1) is 11.6 Å². The number of aromatic nitrogens is 2. The summed E-state index contributed by atoms with van der Waals surface area (Å²) in [6.07, 6.45) is 1.59. The molecule has 0 unspecified atom stereocenters. The number of carbonyl (C=O) groups is 2. The summed E-state index contributed by atoms with van der Waals surface area (Å²) in [4.78, 5) is 31.7. The van der Waals surface area contributed by atoms with Crippen LogP contribution in [0.2, 0.25) is 0 Å². The number of aliphatic hydroxyl groups is 1. The number of pyridine rings is 1. The van der Waals surface area contributed by atoms with Gasteiger partial charge in [-0.3, -0.25) is 14.6 Å². The molecule has 2 aromatic carbocycles. The molecule has 0 atom stereocenters. The van der Waals surface area contributed by atoms with E-state index < -0.39 is 40.0 Å². The van der Waals surface area contributed by atoms with Crippen LogP contribution < -0.4 is 19.3 Å². The number of β-amino-alcohol motifs (C(OH)–C–C–N with tert-alkyl or cyclic N) is 1. The molecule has 0 fully saturated rings. The van der Waals surface area contributed by atoms with Gasteiger partial charge < -0.3 is 14.6 Å². The van der Waals surface area contributed by atoms with Crippen molar-refractivity contribution in [2.24, 2.45) is 0 Å². The minimum absolute atomic E-state index is 0.0949. The van der Waals surface area contributed by atoms with Crippen molar-refractivity contribution in [2.45, 2.75) is 11.4 Å². The van der Waals surface area contributed by atoms with Gasteiger partial charge in [-0.2, -0.15) is 0 Å². The first-order valence-corrected chi connectivity index (χ1v) is 13.2. The second-order valence-electron chi connectivity index (χ2n) is 8.64. The second kappa shape index (κ2) is 10.2. The van der Waals surface area contributed by atoms with Crippen molar-refractivity contribution in [2.75, 3.05) is 37.2 Å². The van der Waals surface area contributed by atoms with Gasteiger partial charge in [0.2, 0.25) is 0 Å². The number of carbonyl (C=O) groups excluding carboxylic acids is 2. The number of fused-ring (bicyclic) bond motifs is 3. The highest BCUT2D eigenvalue weighted by molar-refractivity contribution is 7.90. The smallest absolute Gasteiger partial charge is 0.329 e. The number of urea groups is 1. The summed E-state index contributed by atoms with van der Waals surface area (Å²) in [5, 5.41) is 9.89. The summed E-state index contributed by atoms with van der Waals surface area (Å²) < 4.78 is 68.4. The number of aliphatic hydroxyl groups excluding tert-OH is 1. The molecule has 1 aliphatic heterocycles. The Morgan fingerprint density at radius 2 is 1.70 bits per heavy atom. The van der Waals surface area contributed by atoms with Crippen molar-refractivity contribution in [1.82, 2.24) is 8.96 Å². The fourth-order valence-corrected chi connectivity index (χ4v) is 6.17. The van der Waals surface area contributed by atoms with E-state index in [0.29, 0.717) is 6.29 Å². The summed E-state index contributed by atoms with van der Waals surface area (Å²) in [5.41, 5.74) is -0.732. The van der Waals surface area contributed by atoms with Gasteiger partial charge in [-0.1, -0.05) is 18.2 Å². The Labute approximate surface area is 226 Å². The molecule has 0 bridgehead atoms. The summed E-state index contributed by atoms with van der Waals surface area (Å²) >= 11 is 0. The van der Waals surface area contributed by atoms with Gasteiger partial charge >= 0.3 is 6.03 Å². The lowest BCUT2D eigenvalue weighted by Gasteiger charge is -2.37. The first kappa shape index (κ1) is 27.0. The molecule has 0 saturated carbocycles. The van der Waals surface area contributed by atoms with E-state index in [2.05, 4.69) is 4.98 Å². The Morgan fingerprint density at radius 1 is 1.05 bits per heavy atom. The molecule has 2 amide bonds. The van der Waals surface area contributed by atoms with Crippen LogP contribution in [0.3, 0.4) is 0 Å². The number of ether oxygens (including phenoxy) is 2. The molecular formula is C26H22F2N4O7S. The molecule has 0 spiro atoms. The van der Waals surface area contributed by atoms with E-state index >= 15 is 8.78 Å². The molecule has 0 saturated heterocycles. The van der Waals surface area contributed by atoms with Crippen LogP contribution >= 0.6 is 0 Å². The maximum Gasteiger partial charge on any atom is 0.329 e. The predicted molar refractivity (Wildman–Crippen MR) is 140 cm³/mol. The molecule has 1 aliphatic rings. The number of hydrogen-bond donors (Lipinski definition) is 1. The van der Waals surface area contributed by atoms with E-state index in [1.54, 1.807) is 6.07 Å². The largest absolute Gasteiger partial charge is 0.493 e. The number of amides is 2. The van der Waals surface area contributed by atoms with Crippen molar-refractivity contribution in [3.05, 3.63) is 71.6 Å². The molecule has 14 heteroatoms. The number of nitrogens with zero attached hydrogens (tertiary/aromatic N) is 4. The fourth-order valence-electron chi connectivity index (χ4n) is 4.71. The maximum absolute atomic E-state index is 15.3. The van der Waals surface area contributed by atoms with Crippen LogP contribution in [-0.2, 0) is 16.6 Å². The van der Waals surface area contributed by atoms with Crippen LogP contribution in [0.25, 0.3) is 11.0 Å². The first-order valence-electron chi connectivity index (χ1n) is 11.8. The highest BCUT2D eigenvalue weighted by atomic mass is 32.2. The average molecular weight is 573 g/mol. The quantitative estimate of drug-likeness (QED) is 0.318. The Balaban J connectivity index is 1.75. The number of halogens is 2. The van der Waals surface area contributed by atoms with Crippen molar-refractivity contribution < 1.29 is 41.4 Å². The van der Waals surface area contributed by atoms with Gasteiger partial charge in [0.1, 0.15) is 5.69 Å². The summed E-state index contributed by atoms with van der Waals surface area (Å²) in [6, 6.07) is 8.75. The standard InChI is InChI=1S/C26H22F2N4O7S/c1-38-19-11-20(39-2)22(28)24(21(19)27)31-13-15-12-29-25-18(23(15)30(8-9-33)26(31)35)10-16(14-34)32(25)40(36,37)17-6-4-3-5-7-17/h3-7,10-12,14,33H,8-9,13H2,1-2H3. The summed E-state index contributed by atoms with van der Waals surface area (Å²) in [6.45, 7) is -1.24. The molecule has 0 radical (unpaired) electrons. The van der Waals surface area contributed by atoms with E-state index in [0.717, 1.165) is 19.8 Å².